The first kappa shape index (κ1) is 17.3. The fraction of sp³-hybridized carbons (Fsp3) is 0.0500. The van der Waals surface area contributed by atoms with Gasteiger partial charge in [0.15, 0.2) is 5.78 Å². The van der Waals surface area contributed by atoms with Crippen molar-refractivity contribution in [2.45, 2.75) is 0 Å². The maximum atomic E-state index is 12.6. The Bertz CT molecular complexity index is 888. The van der Waals surface area contributed by atoms with E-state index in [2.05, 4.69) is 0 Å². The van der Waals surface area contributed by atoms with E-state index in [1.54, 1.807) is 49.6 Å². The van der Waals surface area contributed by atoms with Gasteiger partial charge >= 0.3 is 0 Å². The molecule has 0 unspecified atom stereocenters. The van der Waals surface area contributed by atoms with Gasteiger partial charge in [0.2, 0.25) is 0 Å². The molecule has 3 aromatic carbocycles. The molecule has 0 saturated heterocycles. The van der Waals surface area contributed by atoms with Crippen LogP contribution in [0.15, 0.2) is 66.7 Å². The predicted molar refractivity (Wildman–Crippen MR) is 99.4 cm³/mol. The number of methoxy groups -OCH3 is 1. The summed E-state index contributed by atoms with van der Waals surface area (Å²) in [6.45, 7) is 0. The molecule has 126 valence electrons. The van der Waals surface area contributed by atoms with Crippen molar-refractivity contribution >= 4 is 29.0 Å². The molecule has 3 rings (SSSR count). The summed E-state index contributed by atoms with van der Waals surface area (Å²) >= 11 is 12.0. The number of ether oxygens (including phenoxy) is 2. The third-order valence-electron chi connectivity index (χ3n) is 3.58. The van der Waals surface area contributed by atoms with E-state index in [0.717, 1.165) is 5.75 Å². The monoisotopic (exact) mass is 372 g/mol. The molecule has 0 aliphatic rings. The Morgan fingerprint density at radius 1 is 0.800 bits per heavy atom. The van der Waals surface area contributed by atoms with E-state index >= 15 is 0 Å². The molecule has 0 amide bonds. The minimum Gasteiger partial charge on any atom is -0.497 e. The van der Waals surface area contributed by atoms with Crippen LogP contribution in [0.2, 0.25) is 10.0 Å². The van der Waals surface area contributed by atoms with Crippen molar-refractivity contribution in [2.75, 3.05) is 7.11 Å². The molecule has 25 heavy (non-hydrogen) atoms. The quantitative estimate of drug-likeness (QED) is 0.513. The second-order valence-corrected chi connectivity index (χ2v) is 6.10. The number of hydrogen-bond acceptors (Lipinski definition) is 3. The van der Waals surface area contributed by atoms with E-state index in [9.17, 15) is 4.79 Å². The number of benzene rings is 3. The first-order chi connectivity index (χ1) is 12.1. The summed E-state index contributed by atoms with van der Waals surface area (Å²) < 4.78 is 10.9. The Morgan fingerprint density at radius 2 is 1.36 bits per heavy atom. The standard InChI is InChI=1S/C20H14Cl2O3/c1-24-15-7-9-17(10-8-15)25-16-5-2-13(3-6-16)20(23)18-12-14(21)4-11-19(18)22/h2-12H,1H3. The van der Waals surface area contributed by atoms with Crippen LogP contribution in [0.25, 0.3) is 0 Å². The van der Waals surface area contributed by atoms with Crippen LogP contribution in [0.1, 0.15) is 15.9 Å². The Hall–Kier alpha value is -2.49. The maximum Gasteiger partial charge on any atom is 0.194 e. The van der Waals surface area contributed by atoms with Crippen molar-refractivity contribution in [2.24, 2.45) is 0 Å². The average Bonchev–Trinajstić information content (AvgIpc) is 2.64. The minimum atomic E-state index is -0.191. The number of hydrogen-bond donors (Lipinski definition) is 0. The molecule has 3 nitrogen and oxygen atoms in total. The van der Waals surface area contributed by atoms with Crippen LogP contribution in [0, 0.1) is 0 Å². The normalized spacial score (nSPS) is 10.4. The summed E-state index contributed by atoms with van der Waals surface area (Å²) in [6.07, 6.45) is 0. The topological polar surface area (TPSA) is 35.5 Å². The largest absolute Gasteiger partial charge is 0.497 e. The van der Waals surface area contributed by atoms with Gasteiger partial charge in [-0.1, -0.05) is 23.2 Å². The van der Waals surface area contributed by atoms with Gasteiger partial charge in [-0.3, -0.25) is 4.79 Å². The second-order valence-electron chi connectivity index (χ2n) is 5.26. The molecular weight excluding hydrogens is 359 g/mol. The maximum absolute atomic E-state index is 12.6. The van der Waals surface area contributed by atoms with E-state index in [1.165, 1.54) is 0 Å². The predicted octanol–water partition coefficient (Wildman–Crippen LogP) is 6.03. The SMILES string of the molecule is COc1ccc(Oc2ccc(C(=O)c3cc(Cl)ccc3Cl)cc2)cc1. The molecule has 0 saturated carbocycles. The molecule has 0 aromatic heterocycles. The zero-order chi connectivity index (χ0) is 17.8. The Kier molecular flexibility index (Phi) is 5.27. The summed E-state index contributed by atoms with van der Waals surface area (Å²) in [4.78, 5) is 12.6. The number of halogens is 2. The first-order valence-corrected chi connectivity index (χ1v) is 8.24. The molecular formula is C20H14Cl2O3. The van der Waals surface area contributed by atoms with Gasteiger partial charge in [-0.2, -0.15) is 0 Å². The summed E-state index contributed by atoms with van der Waals surface area (Å²) in [7, 11) is 1.61. The molecule has 3 aromatic rings. The number of rotatable bonds is 5. The Balaban J connectivity index is 1.77. The van der Waals surface area contributed by atoms with Crippen LogP contribution in [0.4, 0.5) is 0 Å². The van der Waals surface area contributed by atoms with Gasteiger partial charge in [-0.15, -0.1) is 0 Å². The zero-order valence-electron chi connectivity index (χ0n) is 13.3. The van der Waals surface area contributed by atoms with Crippen molar-refractivity contribution in [1.82, 2.24) is 0 Å². The average molecular weight is 373 g/mol. The molecule has 0 aliphatic carbocycles. The fourth-order valence-electron chi connectivity index (χ4n) is 2.28. The summed E-state index contributed by atoms with van der Waals surface area (Å²) in [5.41, 5.74) is 0.879. The molecule has 0 radical (unpaired) electrons. The summed E-state index contributed by atoms with van der Waals surface area (Å²) in [5.74, 6) is 1.87. The van der Waals surface area contributed by atoms with Crippen molar-refractivity contribution in [1.29, 1.82) is 0 Å². The molecule has 0 heterocycles. The highest BCUT2D eigenvalue weighted by Crippen LogP contribution is 2.26. The van der Waals surface area contributed by atoms with Gasteiger partial charge in [-0.05, 0) is 66.7 Å². The number of ketones is 1. The van der Waals surface area contributed by atoms with Crippen LogP contribution >= 0.6 is 23.2 Å². The number of carbonyl (C=O) groups excluding carboxylic acids is 1. The van der Waals surface area contributed by atoms with Crippen LogP contribution in [0.5, 0.6) is 17.2 Å². The van der Waals surface area contributed by atoms with Crippen LogP contribution in [-0.2, 0) is 0 Å². The van der Waals surface area contributed by atoms with Crippen LogP contribution in [0.3, 0.4) is 0 Å². The third-order valence-corrected chi connectivity index (χ3v) is 4.15. The highest BCUT2D eigenvalue weighted by molar-refractivity contribution is 6.36. The Morgan fingerprint density at radius 3 is 1.96 bits per heavy atom. The zero-order valence-corrected chi connectivity index (χ0v) is 14.8. The molecule has 0 aliphatic heterocycles. The van der Waals surface area contributed by atoms with E-state index < -0.39 is 0 Å². The molecule has 0 atom stereocenters. The van der Waals surface area contributed by atoms with Gasteiger partial charge < -0.3 is 9.47 Å². The first-order valence-electron chi connectivity index (χ1n) is 7.48. The smallest absolute Gasteiger partial charge is 0.194 e. The fourth-order valence-corrected chi connectivity index (χ4v) is 2.66. The lowest BCUT2D eigenvalue weighted by Gasteiger charge is -2.08. The summed E-state index contributed by atoms with van der Waals surface area (Å²) in [6, 6.07) is 18.9. The van der Waals surface area contributed by atoms with E-state index in [1.807, 2.05) is 24.3 Å². The number of carbonyl (C=O) groups is 1. The van der Waals surface area contributed by atoms with Crippen molar-refractivity contribution < 1.29 is 14.3 Å². The Labute approximate surface area is 155 Å². The second kappa shape index (κ2) is 7.60. The third kappa shape index (κ3) is 4.13. The van der Waals surface area contributed by atoms with Crippen LogP contribution < -0.4 is 9.47 Å². The molecule has 0 fully saturated rings. The van der Waals surface area contributed by atoms with Gasteiger partial charge in [0.05, 0.1) is 12.1 Å². The highest BCUT2D eigenvalue weighted by atomic mass is 35.5. The van der Waals surface area contributed by atoms with Gasteiger partial charge in [0, 0.05) is 16.1 Å². The van der Waals surface area contributed by atoms with Crippen molar-refractivity contribution in [3.8, 4) is 17.2 Å². The van der Waals surface area contributed by atoms with Gasteiger partial charge in [-0.25, -0.2) is 0 Å². The van der Waals surface area contributed by atoms with E-state index in [-0.39, 0.29) is 5.78 Å². The van der Waals surface area contributed by atoms with Crippen molar-refractivity contribution in [3.63, 3.8) is 0 Å². The molecule has 0 N–H and O–H groups in total. The minimum absolute atomic E-state index is 0.191. The summed E-state index contributed by atoms with van der Waals surface area (Å²) in [5, 5.41) is 0.833. The van der Waals surface area contributed by atoms with Gasteiger partial charge in [0.1, 0.15) is 17.2 Å². The molecule has 5 heteroatoms. The van der Waals surface area contributed by atoms with E-state index in [4.69, 9.17) is 32.7 Å². The highest BCUT2D eigenvalue weighted by Gasteiger charge is 2.13. The lowest BCUT2D eigenvalue weighted by atomic mass is 10.0. The molecule has 0 bridgehead atoms. The van der Waals surface area contributed by atoms with Crippen LogP contribution in [-0.4, -0.2) is 12.9 Å². The molecule has 0 spiro atoms. The van der Waals surface area contributed by atoms with E-state index in [0.29, 0.717) is 32.7 Å². The van der Waals surface area contributed by atoms with Gasteiger partial charge in [0.25, 0.3) is 0 Å². The lowest BCUT2D eigenvalue weighted by molar-refractivity contribution is 0.103. The lowest BCUT2D eigenvalue weighted by Crippen LogP contribution is -2.02. The van der Waals surface area contributed by atoms with Crippen molar-refractivity contribution in [3.05, 3.63) is 87.9 Å².